The van der Waals surface area contributed by atoms with Gasteiger partial charge in [-0.15, -0.1) is 24.8 Å². The molecule has 25 heavy (non-hydrogen) atoms. The molecule has 0 saturated heterocycles. The average molecular weight is 386 g/mol. The first-order valence-electron chi connectivity index (χ1n) is 7.94. The zero-order chi connectivity index (χ0) is 15.6. The molecule has 0 amide bonds. The van der Waals surface area contributed by atoms with Gasteiger partial charge in [-0.25, -0.2) is 4.98 Å². The Balaban J connectivity index is 0.00000113. The van der Waals surface area contributed by atoms with Crippen LogP contribution in [0.3, 0.4) is 0 Å². The molecule has 8 nitrogen and oxygen atoms in total. The van der Waals surface area contributed by atoms with Gasteiger partial charge in [0.2, 0.25) is 5.89 Å². The monoisotopic (exact) mass is 385 g/mol. The Labute approximate surface area is 157 Å². The number of aryl methyl sites for hydroxylation is 3. The van der Waals surface area contributed by atoms with Crippen LogP contribution in [-0.2, 0) is 32.5 Å². The molecule has 1 N–H and O–H groups in total. The lowest BCUT2D eigenvalue weighted by atomic mass is 10.3. The summed E-state index contributed by atoms with van der Waals surface area (Å²) in [7, 11) is 0. The fraction of sp³-hybridized carbons (Fsp3) is 0.467. The molecule has 0 fully saturated rings. The minimum atomic E-state index is 0. The second-order valence-corrected chi connectivity index (χ2v) is 5.57. The highest BCUT2D eigenvalue weighted by molar-refractivity contribution is 5.85. The van der Waals surface area contributed by atoms with Crippen LogP contribution in [0.2, 0.25) is 0 Å². The highest BCUT2D eigenvalue weighted by Crippen LogP contribution is 2.19. The molecule has 1 aliphatic rings. The van der Waals surface area contributed by atoms with Gasteiger partial charge < -0.3 is 14.4 Å². The van der Waals surface area contributed by atoms with Gasteiger partial charge in [0.1, 0.15) is 5.69 Å². The van der Waals surface area contributed by atoms with E-state index in [1.54, 1.807) is 6.20 Å². The summed E-state index contributed by atoms with van der Waals surface area (Å²) in [5, 5.41) is 12.0. The Morgan fingerprint density at radius 3 is 2.96 bits per heavy atom. The van der Waals surface area contributed by atoms with Crippen LogP contribution in [0.5, 0.6) is 0 Å². The summed E-state index contributed by atoms with van der Waals surface area (Å²) in [6, 6.07) is 2.11. The van der Waals surface area contributed by atoms with Crippen molar-refractivity contribution in [2.45, 2.75) is 39.4 Å². The van der Waals surface area contributed by atoms with Crippen molar-refractivity contribution >= 4 is 24.8 Å². The first-order chi connectivity index (χ1) is 11.3. The van der Waals surface area contributed by atoms with E-state index in [-0.39, 0.29) is 24.8 Å². The Morgan fingerprint density at radius 1 is 1.32 bits per heavy atom. The van der Waals surface area contributed by atoms with E-state index in [9.17, 15) is 0 Å². The Hall–Kier alpha value is -1.90. The number of halogens is 2. The van der Waals surface area contributed by atoms with Crippen molar-refractivity contribution in [1.82, 2.24) is 34.8 Å². The van der Waals surface area contributed by atoms with E-state index in [2.05, 4.69) is 40.9 Å². The van der Waals surface area contributed by atoms with Crippen LogP contribution in [0, 0.1) is 0 Å². The van der Waals surface area contributed by atoms with E-state index < -0.39 is 0 Å². The SMILES string of the molecule is CCc1nc(CCn2ccnc2-c2cc3n(n2)CCNC3)no1.Cl.Cl. The Bertz CT molecular complexity index is 787. The normalized spacial score (nSPS) is 13.0. The van der Waals surface area contributed by atoms with Crippen LogP contribution < -0.4 is 5.32 Å². The summed E-state index contributed by atoms with van der Waals surface area (Å²) >= 11 is 0. The van der Waals surface area contributed by atoms with Gasteiger partial charge in [-0.05, 0) is 6.07 Å². The molecular formula is C15H21Cl2N7O. The summed E-state index contributed by atoms with van der Waals surface area (Å²) in [6.45, 7) is 5.47. The third-order valence-electron chi connectivity index (χ3n) is 4.00. The van der Waals surface area contributed by atoms with Crippen LogP contribution in [0.4, 0.5) is 0 Å². The lowest BCUT2D eigenvalue weighted by Crippen LogP contribution is -2.28. The number of nitrogens with one attached hydrogen (secondary N) is 1. The fourth-order valence-corrected chi connectivity index (χ4v) is 2.78. The molecule has 0 unspecified atom stereocenters. The molecule has 10 heteroatoms. The molecule has 1 aliphatic heterocycles. The lowest BCUT2D eigenvalue weighted by Gasteiger charge is -2.13. The molecule has 4 heterocycles. The Kier molecular flexibility index (Phi) is 6.57. The van der Waals surface area contributed by atoms with Crippen molar-refractivity contribution in [1.29, 1.82) is 0 Å². The van der Waals surface area contributed by atoms with Gasteiger partial charge in [0.15, 0.2) is 11.6 Å². The first-order valence-corrected chi connectivity index (χ1v) is 7.94. The van der Waals surface area contributed by atoms with Crippen molar-refractivity contribution < 1.29 is 4.52 Å². The first kappa shape index (κ1) is 19.4. The molecule has 0 aliphatic carbocycles. The van der Waals surface area contributed by atoms with E-state index in [1.165, 1.54) is 5.69 Å². The number of fused-ring (bicyclic) bond motifs is 1. The number of hydrogen-bond acceptors (Lipinski definition) is 6. The molecule has 136 valence electrons. The number of hydrogen-bond donors (Lipinski definition) is 1. The van der Waals surface area contributed by atoms with Gasteiger partial charge in [0.25, 0.3) is 0 Å². The molecule has 0 aromatic carbocycles. The van der Waals surface area contributed by atoms with Crippen LogP contribution in [0.1, 0.15) is 24.3 Å². The van der Waals surface area contributed by atoms with Gasteiger partial charge in [-0.1, -0.05) is 12.1 Å². The molecule has 0 radical (unpaired) electrons. The van der Waals surface area contributed by atoms with Crippen LogP contribution in [-0.4, -0.2) is 36.0 Å². The van der Waals surface area contributed by atoms with Gasteiger partial charge in [0, 0.05) is 44.9 Å². The summed E-state index contributed by atoms with van der Waals surface area (Å²) in [5.41, 5.74) is 2.11. The molecule has 3 aromatic rings. The zero-order valence-electron chi connectivity index (χ0n) is 13.9. The second-order valence-electron chi connectivity index (χ2n) is 5.57. The smallest absolute Gasteiger partial charge is 0.226 e. The second kappa shape index (κ2) is 8.46. The van der Waals surface area contributed by atoms with E-state index in [0.29, 0.717) is 12.3 Å². The van der Waals surface area contributed by atoms with Crippen LogP contribution in [0.25, 0.3) is 11.5 Å². The number of rotatable bonds is 5. The third kappa shape index (κ3) is 4.02. The quantitative estimate of drug-likeness (QED) is 0.721. The van der Waals surface area contributed by atoms with E-state index in [0.717, 1.165) is 49.9 Å². The predicted octanol–water partition coefficient (Wildman–Crippen LogP) is 1.88. The van der Waals surface area contributed by atoms with Crippen molar-refractivity contribution in [2.24, 2.45) is 0 Å². The van der Waals surface area contributed by atoms with Crippen molar-refractivity contribution in [2.75, 3.05) is 6.54 Å². The van der Waals surface area contributed by atoms with Crippen molar-refractivity contribution in [3.63, 3.8) is 0 Å². The average Bonchev–Trinajstić information content (AvgIpc) is 3.30. The van der Waals surface area contributed by atoms with Crippen molar-refractivity contribution in [3.05, 3.63) is 35.9 Å². The molecular weight excluding hydrogens is 365 g/mol. The van der Waals surface area contributed by atoms with E-state index in [1.807, 2.05) is 13.1 Å². The van der Waals surface area contributed by atoms with E-state index >= 15 is 0 Å². The maximum Gasteiger partial charge on any atom is 0.226 e. The van der Waals surface area contributed by atoms with Crippen LogP contribution in [0.15, 0.2) is 23.0 Å². The summed E-state index contributed by atoms with van der Waals surface area (Å²) in [5.74, 6) is 2.29. The fourth-order valence-electron chi connectivity index (χ4n) is 2.78. The predicted molar refractivity (Wildman–Crippen MR) is 97.0 cm³/mol. The third-order valence-corrected chi connectivity index (χ3v) is 4.00. The molecule has 0 atom stereocenters. The van der Waals surface area contributed by atoms with Gasteiger partial charge >= 0.3 is 0 Å². The van der Waals surface area contributed by atoms with Gasteiger partial charge in [0.05, 0.1) is 12.2 Å². The van der Waals surface area contributed by atoms with Gasteiger partial charge in [-0.3, -0.25) is 4.68 Å². The highest BCUT2D eigenvalue weighted by atomic mass is 35.5. The molecule has 3 aromatic heterocycles. The zero-order valence-corrected chi connectivity index (χ0v) is 15.5. The largest absolute Gasteiger partial charge is 0.339 e. The molecule has 0 bridgehead atoms. The van der Waals surface area contributed by atoms with E-state index in [4.69, 9.17) is 4.52 Å². The number of nitrogens with zero attached hydrogens (tertiary/aromatic N) is 6. The summed E-state index contributed by atoms with van der Waals surface area (Å²) < 4.78 is 9.29. The lowest BCUT2D eigenvalue weighted by molar-refractivity contribution is 0.375. The summed E-state index contributed by atoms with van der Waals surface area (Å²) in [4.78, 5) is 8.81. The number of imidazole rings is 1. The summed E-state index contributed by atoms with van der Waals surface area (Å²) in [6.07, 6.45) is 5.24. The topological polar surface area (TPSA) is 86.6 Å². The Morgan fingerprint density at radius 2 is 2.20 bits per heavy atom. The standard InChI is InChI=1S/C15H19N7O.2ClH/c1-2-14-18-13(20-23-14)3-6-21-7-5-17-15(21)12-9-11-10-16-4-8-22(11)19-12;;/h5,7,9,16H,2-4,6,8,10H2,1H3;2*1H. The highest BCUT2D eigenvalue weighted by Gasteiger charge is 2.16. The van der Waals surface area contributed by atoms with Gasteiger partial charge in [-0.2, -0.15) is 10.1 Å². The number of aromatic nitrogens is 6. The molecule has 0 spiro atoms. The maximum absolute atomic E-state index is 5.15. The van der Waals surface area contributed by atoms with Crippen molar-refractivity contribution in [3.8, 4) is 11.5 Å². The maximum atomic E-state index is 5.15. The minimum Gasteiger partial charge on any atom is -0.339 e. The molecule has 0 saturated carbocycles. The van der Waals surface area contributed by atoms with Crippen LogP contribution >= 0.6 is 24.8 Å². The molecule has 4 rings (SSSR count). The minimum absolute atomic E-state index is 0.